The number of hydrogen-bond donors (Lipinski definition) is 2. The van der Waals surface area contributed by atoms with Gasteiger partial charge in [-0.15, -0.1) is 0 Å². The Morgan fingerprint density at radius 1 is 1.47 bits per heavy atom. The number of pyridine rings is 1. The van der Waals surface area contributed by atoms with Crippen LogP contribution in [0.5, 0.6) is 0 Å². The number of amides is 1. The van der Waals surface area contributed by atoms with Crippen molar-refractivity contribution in [3.63, 3.8) is 0 Å². The lowest BCUT2D eigenvalue weighted by Gasteiger charge is -2.17. The number of rotatable bonds is 0. The minimum atomic E-state index is 0.0931. The zero-order valence-electron chi connectivity index (χ0n) is 8.42. The smallest absolute Gasteiger partial charge is 0.224 e. The molecule has 0 aromatic carbocycles. The number of nitrogens with one attached hydrogen (secondary N) is 2. The third-order valence-electron chi connectivity index (χ3n) is 2.91. The Morgan fingerprint density at radius 3 is 3.20 bits per heavy atom. The standard InChI is InChI=1S/C11H11N3O/c1-6-3-13-11-10(6)8-2-9(15)12-4-7(8)5-14-11/h3,5H,2,4H2,1H3,(H,12,15)(H,13,14). The fourth-order valence-electron chi connectivity index (χ4n) is 2.14. The molecule has 2 aromatic rings. The van der Waals surface area contributed by atoms with Gasteiger partial charge in [-0.25, -0.2) is 4.98 Å². The summed E-state index contributed by atoms with van der Waals surface area (Å²) in [6.07, 6.45) is 4.24. The number of fused-ring (bicyclic) bond motifs is 3. The maximum Gasteiger partial charge on any atom is 0.224 e. The van der Waals surface area contributed by atoms with Crippen LogP contribution in [0.4, 0.5) is 0 Å². The summed E-state index contributed by atoms with van der Waals surface area (Å²) in [5.74, 6) is 0.0931. The van der Waals surface area contributed by atoms with E-state index in [9.17, 15) is 4.79 Å². The van der Waals surface area contributed by atoms with Crippen molar-refractivity contribution in [1.29, 1.82) is 0 Å². The third-order valence-corrected chi connectivity index (χ3v) is 2.91. The van der Waals surface area contributed by atoms with E-state index >= 15 is 0 Å². The molecule has 4 heteroatoms. The van der Waals surface area contributed by atoms with Gasteiger partial charge in [-0.3, -0.25) is 4.79 Å². The van der Waals surface area contributed by atoms with Crippen LogP contribution in [-0.2, 0) is 17.8 Å². The van der Waals surface area contributed by atoms with Gasteiger partial charge in [0.15, 0.2) is 0 Å². The molecule has 2 aromatic heterocycles. The molecule has 1 amide bonds. The van der Waals surface area contributed by atoms with Crippen molar-refractivity contribution in [2.24, 2.45) is 0 Å². The average molecular weight is 201 g/mol. The lowest BCUT2D eigenvalue weighted by Crippen LogP contribution is -2.30. The van der Waals surface area contributed by atoms with Gasteiger partial charge in [-0.05, 0) is 23.6 Å². The van der Waals surface area contributed by atoms with Crippen molar-refractivity contribution in [1.82, 2.24) is 15.3 Å². The molecule has 0 unspecified atom stereocenters. The average Bonchev–Trinajstić information content (AvgIpc) is 2.60. The zero-order valence-corrected chi connectivity index (χ0v) is 8.42. The van der Waals surface area contributed by atoms with Crippen molar-refractivity contribution in [2.75, 3.05) is 0 Å². The van der Waals surface area contributed by atoms with Gasteiger partial charge in [-0.1, -0.05) is 0 Å². The lowest BCUT2D eigenvalue weighted by molar-refractivity contribution is -0.121. The summed E-state index contributed by atoms with van der Waals surface area (Å²) >= 11 is 0. The highest BCUT2D eigenvalue weighted by Crippen LogP contribution is 2.25. The molecule has 0 bridgehead atoms. The first-order valence-electron chi connectivity index (χ1n) is 4.97. The Balaban J connectivity index is 2.35. The molecule has 0 fully saturated rings. The second kappa shape index (κ2) is 2.82. The summed E-state index contributed by atoms with van der Waals surface area (Å²) in [6.45, 7) is 2.63. The Bertz CT molecular complexity index is 556. The van der Waals surface area contributed by atoms with E-state index in [0.717, 1.165) is 27.7 Å². The molecule has 4 nitrogen and oxygen atoms in total. The lowest BCUT2D eigenvalue weighted by atomic mass is 9.98. The Hall–Kier alpha value is -1.84. The molecular formula is C11H11N3O. The molecule has 1 aliphatic rings. The number of H-pyrrole nitrogens is 1. The van der Waals surface area contributed by atoms with Crippen LogP contribution >= 0.6 is 0 Å². The fourth-order valence-corrected chi connectivity index (χ4v) is 2.14. The SMILES string of the molecule is Cc1c[nH]c2ncc3c(c12)CC(=O)NC3. The van der Waals surface area contributed by atoms with Crippen molar-refractivity contribution >= 4 is 16.9 Å². The van der Waals surface area contributed by atoms with Crippen LogP contribution in [0.1, 0.15) is 16.7 Å². The Morgan fingerprint density at radius 2 is 2.33 bits per heavy atom. The molecular weight excluding hydrogens is 190 g/mol. The van der Waals surface area contributed by atoms with Crippen LogP contribution in [0.25, 0.3) is 11.0 Å². The number of carbonyl (C=O) groups is 1. The minimum absolute atomic E-state index is 0.0931. The molecule has 0 saturated heterocycles. The zero-order chi connectivity index (χ0) is 10.4. The maximum atomic E-state index is 11.4. The molecule has 0 atom stereocenters. The van der Waals surface area contributed by atoms with E-state index in [0.29, 0.717) is 13.0 Å². The minimum Gasteiger partial charge on any atom is -0.352 e. The maximum absolute atomic E-state index is 11.4. The van der Waals surface area contributed by atoms with Crippen molar-refractivity contribution < 1.29 is 4.79 Å². The number of aromatic amines is 1. The monoisotopic (exact) mass is 201 g/mol. The highest BCUT2D eigenvalue weighted by molar-refractivity contribution is 5.91. The van der Waals surface area contributed by atoms with Gasteiger partial charge >= 0.3 is 0 Å². The Kier molecular flexibility index (Phi) is 1.59. The van der Waals surface area contributed by atoms with Gasteiger partial charge in [0.25, 0.3) is 0 Å². The second-order valence-electron chi connectivity index (χ2n) is 3.91. The largest absolute Gasteiger partial charge is 0.352 e. The number of carbonyl (C=O) groups excluding carboxylic acids is 1. The highest BCUT2D eigenvalue weighted by atomic mass is 16.1. The summed E-state index contributed by atoms with van der Waals surface area (Å²) < 4.78 is 0. The van der Waals surface area contributed by atoms with E-state index in [2.05, 4.69) is 15.3 Å². The van der Waals surface area contributed by atoms with Gasteiger partial charge in [0.05, 0.1) is 6.42 Å². The quantitative estimate of drug-likeness (QED) is 0.669. The first kappa shape index (κ1) is 8.47. The predicted octanol–water partition coefficient (Wildman–Crippen LogP) is 1.04. The molecule has 76 valence electrons. The number of hydrogen-bond acceptors (Lipinski definition) is 2. The molecule has 15 heavy (non-hydrogen) atoms. The predicted molar refractivity (Wildman–Crippen MR) is 56.4 cm³/mol. The molecule has 1 aliphatic heterocycles. The topological polar surface area (TPSA) is 57.8 Å². The van der Waals surface area contributed by atoms with Crippen LogP contribution in [0.3, 0.4) is 0 Å². The highest BCUT2D eigenvalue weighted by Gasteiger charge is 2.19. The van der Waals surface area contributed by atoms with Crippen LogP contribution in [-0.4, -0.2) is 15.9 Å². The van der Waals surface area contributed by atoms with Crippen molar-refractivity contribution in [3.8, 4) is 0 Å². The summed E-state index contributed by atoms with van der Waals surface area (Å²) in [7, 11) is 0. The fraction of sp³-hybridized carbons (Fsp3) is 0.273. The van der Waals surface area contributed by atoms with Crippen molar-refractivity contribution in [2.45, 2.75) is 19.9 Å². The van der Waals surface area contributed by atoms with E-state index in [-0.39, 0.29) is 5.91 Å². The number of aromatic nitrogens is 2. The molecule has 0 radical (unpaired) electrons. The number of aryl methyl sites for hydroxylation is 1. The van der Waals surface area contributed by atoms with Crippen LogP contribution < -0.4 is 5.32 Å². The van der Waals surface area contributed by atoms with E-state index in [1.165, 1.54) is 0 Å². The molecule has 2 N–H and O–H groups in total. The molecule has 0 aliphatic carbocycles. The number of nitrogens with zero attached hydrogens (tertiary/aromatic N) is 1. The van der Waals surface area contributed by atoms with E-state index < -0.39 is 0 Å². The van der Waals surface area contributed by atoms with Crippen LogP contribution in [0.15, 0.2) is 12.4 Å². The Labute approximate surface area is 86.7 Å². The van der Waals surface area contributed by atoms with Gasteiger partial charge in [0.2, 0.25) is 5.91 Å². The molecule has 0 spiro atoms. The first-order chi connectivity index (χ1) is 7.25. The van der Waals surface area contributed by atoms with Crippen LogP contribution in [0.2, 0.25) is 0 Å². The summed E-state index contributed by atoms with van der Waals surface area (Å²) in [5, 5.41) is 3.94. The van der Waals surface area contributed by atoms with E-state index in [4.69, 9.17) is 0 Å². The first-order valence-corrected chi connectivity index (χ1v) is 4.97. The van der Waals surface area contributed by atoms with E-state index in [1.807, 2.05) is 19.3 Å². The van der Waals surface area contributed by atoms with Crippen molar-refractivity contribution in [3.05, 3.63) is 29.1 Å². The van der Waals surface area contributed by atoms with Gasteiger partial charge in [-0.2, -0.15) is 0 Å². The third kappa shape index (κ3) is 1.14. The molecule has 3 rings (SSSR count). The molecule has 0 saturated carbocycles. The van der Waals surface area contributed by atoms with Gasteiger partial charge in [0.1, 0.15) is 5.65 Å². The summed E-state index contributed by atoms with van der Waals surface area (Å²) in [4.78, 5) is 18.8. The molecule has 3 heterocycles. The van der Waals surface area contributed by atoms with Crippen LogP contribution in [0, 0.1) is 6.92 Å². The van der Waals surface area contributed by atoms with Gasteiger partial charge in [0, 0.05) is 24.3 Å². The van der Waals surface area contributed by atoms with Gasteiger partial charge < -0.3 is 10.3 Å². The van der Waals surface area contributed by atoms with E-state index in [1.54, 1.807) is 0 Å². The normalized spacial score (nSPS) is 15.1. The second-order valence-corrected chi connectivity index (χ2v) is 3.91. The summed E-state index contributed by atoms with van der Waals surface area (Å²) in [6, 6.07) is 0. The summed E-state index contributed by atoms with van der Waals surface area (Å²) in [5.41, 5.74) is 4.29.